The van der Waals surface area contributed by atoms with Gasteiger partial charge in [0.1, 0.15) is 0 Å². The molecule has 1 atom stereocenters. The summed E-state index contributed by atoms with van der Waals surface area (Å²) in [5, 5.41) is 4.01. The fourth-order valence-electron chi connectivity index (χ4n) is 1.93. The number of aromatic nitrogens is 2. The second-order valence-electron chi connectivity index (χ2n) is 5.01. The fourth-order valence-corrected chi connectivity index (χ4v) is 1.93. The first-order valence-corrected chi connectivity index (χ1v) is 6.23. The SMILES string of the molecule is Cc1ccccc1-c1noc([C@H](N)CC(C)C)n1. The lowest BCUT2D eigenvalue weighted by atomic mass is 10.0. The van der Waals surface area contributed by atoms with Crippen LogP contribution < -0.4 is 5.73 Å². The van der Waals surface area contributed by atoms with Crippen molar-refractivity contribution >= 4 is 0 Å². The maximum absolute atomic E-state index is 6.03. The molecule has 2 N–H and O–H groups in total. The number of hydrogen-bond donors (Lipinski definition) is 1. The van der Waals surface area contributed by atoms with E-state index in [1.165, 1.54) is 0 Å². The highest BCUT2D eigenvalue weighted by Gasteiger charge is 2.17. The van der Waals surface area contributed by atoms with E-state index in [1.54, 1.807) is 0 Å². The molecule has 0 aliphatic heterocycles. The zero-order valence-corrected chi connectivity index (χ0v) is 11.1. The van der Waals surface area contributed by atoms with Crippen LogP contribution in [0, 0.1) is 12.8 Å². The third-order valence-electron chi connectivity index (χ3n) is 2.87. The smallest absolute Gasteiger partial charge is 0.243 e. The normalized spacial score (nSPS) is 12.9. The Bertz CT molecular complexity index is 519. The zero-order chi connectivity index (χ0) is 13.1. The standard InChI is InChI=1S/C14H19N3O/c1-9(2)8-12(15)14-16-13(17-18-14)11-7-5-4-6-10(11)3/h4-7,9,12H,8,15H2,1-3H3/t12-/m1/s1. The molecule has 4 nitrogen and oxygen atoms in total. The first-order valence-electron chi connectivity index (χ1n) is 6.23. The maximum Gasteiger partial charge on any atom is 0.243 e. The first-order chi connectivity index (χ1) is 8.58. The average molecular weight is 245 g/mol. The Morgan fingerprint density at radius 2 is 2.00 bits per heavy atom. The summed E-state index contributed by atoms with van der Waals surface area (Å²) < 4.78 is 5.25. The summed E-state index contributed by atoms with van der Waals surface area (Å²) in [6.07, 6.45) is 0.843. The molecule has 0 radical (unpaired) electrons. The molecule has 0 spiro atoms. The second kappa shape index (κ2) is 5.31. The highest BCUT2D eigenvalue weighted by molar-refractivity contribution is 5.58. The van der Waals surface area contributed by atoms with E-state index in [0.717, 1.165) is 17.5 Å². The van der Waals surface area contributed by atoms with Crippen molar-refractivity contribution in [1.29, 1.82) is 0 Å². The Hall–Kier alpha value is -1.68. The topological polar surface area (TPSA) is 64.9 Å². The van der Waals surface area contributed by atoms with E-state index in [0.29, 0.717) is 17.6 Å². The largest absolute Gasteiger partial charge is 0.337 e. The van der Waals surface area contributed by atoms with Crippen LogP contribution in [0.3, 0.4) is 0 Å². The van der Waals surface area contributed by atoms with Crippen molar-refractivity contribution in [3.63, 3.8) is 0 Å². The van der Waals surface area contributed by atoms with E-state index in [-0.39, 0.29) is 6.04 Å². The molecule has 0 saturated carbocycles. The molecule has 0 saturated heterocycles. The second-order valence-corrected chi connectivity index (χ2v) is 5.01. The van der Waals surface area contributed by atoms with Crippen LogP contribution in [0.4, 0.5) is 0 Å². The van der Waals surface area contributed by atoms with Gasteiger partial charge in [-0.15, -0.1) is 0 Å². The van der Waals surface area contributed by atoms with Crippen LogP contribution in [0.25, 0.3) is 11.4 Å². The third kappa shape index (κ3) is 2.76. The van der Waals surface area contributed by atoms with E-state index < -0.39 is 0 Å². The lowest BCUT2D eigenvalue weighted by Crippen LogP contribution is -2.13. The minimum atomic E-state index is -0.185. The van der Waals surface area contributed by atoms with Gasteiger partial charge in [0.15, 0.2) is 0 Å². The van der Waals surface area contributed by atoms with Gasteiger partial charge in [0.2, 0.25) is 11.7 Å². The van der Waals surface area contributed by atoms with E-state index in [2.05, 4.69) is 24.0 Å². The number of aryl methyl sites for hydroxylation is 1. The zero-order valence-electron chi connectivity index (χ0n) is 11.1. The molecular weight excluding hydrogens is 226 g/mol. The number of hydrogen-bond acceptors (Lipinski definition) is 4. The minimum Gasteiger partial charge on any atom is -0.337 e. The van der Waals surface area contributed by atoms with Crippen molar-refractivity contribution in [3.05, 3.63) is 35.7 Å². The molecule has 0 aliphatic carbocycles. The van der Waals surface area contributed by atoms with Gasteiger partial charge in [-0.3, -0.25) is 0 Å². The fraction of sp³-hybridized carbons (Fsp3) is 0.429. The Labute approximate surface area is 107 Å². The van der Waals surface area contributed by atoms with Gasteiger partial charge < -0.3 is 10.3 Å². The van der Waals surface area contributed by atoms with E-state index in [4.69, 9.17) is 10.3 Å². The first kappa shape index (κ1) is 12.8. The van der Waals surface area contributed by atoms with Gasteiger partial charge in [0.05, 0.1) is 6.04 Å². The molecule has 0 bridgehead atoms. The molecular formula is C14H19N3O. The summed E-state index contributed by atoms with van der Waals surface area (Å²) in [6.45, 7) is 6.27. The molecule has 0 unspecified atom stereocenters. The Morgan fingerprint density at radius 3 is 2.67 bits per heavy atom. The monoisotopic (exact) mass is 245 g/mol. The molecule has 0 aliphatic rings. The van der Waals surface area contributed by atoms with Gasteiger partial charge in [-0.25, -0.2) is 0 Å². The molecule has 0 fully saturated rings. The van der Waals surface area contributed by atoms with E-state index in [9.17, 15) is 0 Å². The summed E-state index contributed by atoms with van der Waals surface area (Å²) in [5.74, 6) is 1.64. The molecule has 4 heteroatoms. The summed E-state index contributed by atoms with van der Waals surface area (Å²) >= 11 is 0. The molecule has 2 aromatic rings. The Morgan fingerprint density at radius 1 is 1.28 bits per heavy atom. The Balaban J connectivity index is 2.23. The van der Waals surface area contributed by atoms with Gasteiger partial charge in [-0.2, -0.15) is 4.98 Å². The molecule has 18 heavy (non-hydrogen) atoms. The number of nitrogens with zero attached hydrogens (tertiary/aromatic N) is 2. The summed E-state index contributed by atoms with van der Waals surface area (Å²) in [7, 11) is 0. The minimum absolute atomic E-state index is 0.185. The van der Waals surface area contributed by atoms with Crippen molar-refractivity contribution in [2.75, 3.05) is 0 Å². The van der Waals surface area contributed by atoms with Crippen LogP contribution in [0.15, 0.2) is 28.8 Å². The van der Waals surface area contributed by atoms with E-state index >= 15 is 0 Å². The van der Waals surface area contributed by atoms with Crippen molar-refractivity contribution in [2.45, 2.75) is 33.2 Å². The van der Waals surface area contributed by atoms with Crippen LogP contribution in [0.1, 0.15) is 37.8 Å². The lowest BCUT2D eigenvalue weighted by Gasteiger charge is -2.08. The van der Waals surface area contributed by atoms with Crippen LogP contribution >= 0.6 is 0 Å². The Kier molecular flexibility index (Phi) is 3.77. The number of rotatable bonds is 4. The van der Waals surface area contributed by atoms with Crippen LogP contribution in [-0.4, -0.2) is 10.1 Å². The summed E-state index contributed by atoms with van der Waals surface area (Å²) in [5.41, 5.74) is 8.15. The lowest BCUT2D eigenvalue weighted by molar-refractivity contribution is 0.335. The molecule has 1 heterocycles. The summed E-state index contributed by atoms with van der Waals surface area (Å²) in [6, 6.07) is 7.78. The molecule has 1 aromatic heterocycles. The number of nitrogens with two attached hydrogens (primary N) is 1. The van der Waals surface area contributed by atoms with Crippen molar-refractivity contribution in [1.82, 2.24) is 10.1 Å². The van der Waals surface area contributed by atoms with Crippen molar-refractivity contribution in [2.24, 2.45) is 11.7 Å². The average Bonchev–Trinajstić information content (AvgIpc) is 2.78. The third-order valence-corrected chi connectivity index (χ3v) is 2.87. The van der Waals surface area contributed by atoms with Gasteiger partial charge in [0.25, 0.3) is 0 Å². The predicted molar refractivity (Wildman–Crippen MR) is 70.9 cm³/mol. The van der Waals surface area contributed by atoms with Crippen molar-refractivity contribution < 1.29 is 4.52 Å². The van der Waals surface area contributed by atoms with Crippen LogP contribution in [0.5, 0.6) is 0 Å². The van der Waals surface area contributed by atoms with Gasteiger partial charge >= 0.3 is 0 Å². The van der Waals surface area contributed by atoms with Crippen molar-refractivity contribution in [3.8, 4) is 11.4 Å². The highest BCUT2D eigenvalue weighted by Crippen LogP contribution is 2.23. The quantitative estimate of drug-likeness (QED) is 0.899. The summed E-state index contributed by atoms with van der Waals surface area (Å²) in [4.78, 5) is 4.39. The van der Waals surface area contributed by atoms with Crippen LogP contribution in [-0.2, 0) is 0 Å². The molecule has 2 rings (SSSR count). The molecule has 1 aromatic carbocycles. The molecule has 0 amide bonds. The predicted octanol–water partition coefficient (Wildman–Crippen LogP) is 3.09. The van der Waals surface area contributed by atoms with Crippen LogP contribution in [0.2, 0.25) is 0 Å². The van der Waals surface area contributed by atoms with Gasteiger partial charge in [-0.05, 0) is 24.8 Å². The highest BCUT2D eigenvalue weighted by atomic mass is 16.5. The number of benzene rings is 1. The van der Waals surface area contributed by atoms with Gasteiger partial charge in [-0.1, -0.05) is 43.3 Å². The maximum atomic E-state index is 6.03. The molecule has 96 valence electrons. The van der Waals surface area contributed by atoms with Gasteiger partial charge in [0, 0.05) is 5.56 Å². The van der Waals surface area contributed by atoms with E-state index in [1.807, 2.05) is 31.2 Å².